The molecule has 0 bridgehead atoms. The molecule has 6 nitrogen and oxygen atoms in total. The number of para-hydroxylation sites is 2. The van der Waals surface area contributed by atoms with Gasteiger partial charge in [0.15, 0.2) is 0 Å². The molecular weight excluding hydrogens is 336 g/mol. The van der Waals surface area contributed by atoms with E-state index in [0.29, 0.717) is 5.69 Å². The molecule has 0 unspecified atom stereocenters. The summed E-state index contributed by atoms with van der Waals surface area (Å²) >= 11 is 1.71. The number of nitrogens with one attached hydrogen (secondary N) is 1. The van der Waals surface area contributed by atoms with Crippen molar-refractivity contribution in [2.24, 2.45) is 0 Å². The average molecular weight is 354 g/mol. The van der Waals surface area contributed by atoms with Crippen LogP contribution in [-0.2, 0) is 12.8 Å². The molecule has 0 fully saturated rings. The van der Waals surface area contributed by atoms with Crippen molar-refractivity contribution in [3.05, 3.63) is 68.0 Å². The van der Waals surface area contributed by atoms with Crippen molar-refractivity contribution in [2.75, 3.05) is 11.9 Å². The molecule has 1 aliphatic heterocycles. The highest BCUT2D eigenvalue weighted by atomic mass is 32.1. The Balaban J connectivity index is 1.85. The standard InChI is InChI=1S/C18H18N4O2S/c23-22(24)17-9-2-1-8-16(17)21-18-14(7-3-4-10-19-18)15(20-21)12-13-6-5-11-25-13/h1-2,5-6,8-9,11,19H,3-4,7,10,12H2. The first kappa shape index (κ1) is 15.8. The number of fused-ring (bicyclic) bond motifs is 1. The maximum Gasteiger partial charge on any atom is 0.294 e. The van der Waals surface area contributed by atoms with Gasteiger partial charge < -0.3 is 5.32 Å². The number of anilines is 1. The number of nitro groups is 1. The molecule has 1 aliphatic rings. The van der Waals surface area contributed by atoms with Crippen molar-refractivity contribution >= 4 is 22.8 Å². The molecule has 0 amide bonds. The summed E-state index contributed by atoms with van der Waals surface area (Å²) in [4.78, 5) is 12.3. The summed E-state index contributed by atoms with van der Waals surface area (Å²) in [6, 6.07) is 10.9. The van der Waals surface area contributed by atoms with E-state index in [1.165, 1.54) is 16.5 Å². The van der Waals surface area contributed by atoms with Crippen molar-refractivity contribution in [1.29, 1.82) is 0 Å². The lowest BCUT2D eigenvalue weighted by atomic mass is 10.1. The monoisotopic (exact) mass is 354 g/mol. The Bertz CT molecular complexity index is 902. The molecule has 4 rings (SSSR count). The predicted octanol–water partition coefficient (Wildman–Crippen LogP) is 4.18. The number of hydrogen-bond donors (Lipinski definition) is 1. The average Bonchev–Trinajstić information content (AvgIpc) is 3.17. The molecule has 128 valence electrons. The second-order valence-electron chi connectivity index (χ2n) is 6.07. The van der Waals surface area contributed by atoms with Gasteiger partial charge in [-0.1, -0.05) is 18.2 Å². The molecule has 7 heteroatoms. The van der Waals surface area contributed by atoms with Crippen LogP contribution < -0.4 is 5.32 Å². The van der Waals surface area contributed by atoms with Gasteiger partial charge in [0, 0.05) is 29.5 Å². The summed E-state index contributed by atoms with van der Waals surface area (Å²) in [5, 5.41) is 21.7. The van der Waals surface area contributed by atoms with Crippen molar-refractivity contribution in [1.82, 2.24) is 9.78 Å². The third-order valence-corrected chi connectivity index (χ3v) is 5.32. The third kappa shape index (κ3) is 3.02. The molecular formula is C18H18N4O2S. The van der Waals surface area contributed by atoms with Gasteiger partial charge in [-0.15, -0.1) is 11.3 Å². The van der Waals surface area contributed by atoms with Gasteiger partial charge in [-0.2, -0.15) is 5.10 Å². The van der Waals surface area contributed by atoms with Crippen LogP contribution in [0.2, 0.25) is 0 Å². The number of hydrogen-bond acceptors (Lipinski definition) is 5. The maximum absolute atomic E-state index is 11.4. The molecule has 0 saturated carbocycles. The first-order valence-corrected chi connectivity index (χ1v) is 9.23. The number of aromatic nitrogens is 2. The van der Waals surface area contributed by atoms with E-state index >= 15 is 0 Å². The molecule has 0 aliphatic carbocycles. The van der Waals surface area contributed by atoms with Gasteiger partial charge in [0.25, 0.3) is 5.69 Å². The fourth-order valence-corrected chi connectivity index (χ4v) is 3.97. The SMILES string of the molecule is O=[N+]([O-])c1ccccc1-n1nc(Cc2cccs2)c2c1NCCCC2. The first-order valence-electron chi connectivity index (χ1n) is 8.35. The number of benzene rings is 1. The minimum absolute atomic E-state index is 0.0709. The Morgan fingerprint density at radius 3 is 2.92 bits per heavy atom. The summed E-state index contributed by atoms with van der Waals surface area (Å²) in [6.07, 6.45) is 3.89. The second-order valence-corrected chi connectivity index (χ2v) is 7.10. The highest BCUT2D eigenvalue weighted by Crippen LogP contribution is 2.32. The van der Waals surface area contributed by atoms with E-state index in [4.69, 9.17) is 5.10 Å². The van der Waals surface area contributed by atoms with Gasteiger partial charge >= 0.3 is 0 Å². The largest absolute Gasteiger partial charge is 0.370 e. The van der Waals surface area contributed by atoms with E-state index in [-0.39, 0.29) is 10.6 Å². The molecule has 0 atom stereocenters. The highest BCUT2D eigenvalue weighted by Gasteiger charge is 2.24. The summed E-state index contributed by atoms with van der Waals surface area (Å²) in [5.41, 5.74) is 2.77. The molecule has 0 saturated heterocycles. The molecule has 2 aromatic heterocycles. The van der Waals surface area contributed by atoms with Crippen LogP contribution >= 0.6 is 11.3 Å². The van der Waals surface area contributed by atoms with E-state index in [1.54, 1.807) is 28.2 Å². The number of nitrogens with zero attached hydrogens (tertiary/aromatic N) is 3. The van der Waals surface area contributed by atoms with Crippen molar-refractivity contribution in [3.8, 4) is 5.69 Å². The summed E-state index contributed by atoms with van der Waals surface area (Å²) in [6.45, 7) is 0.859. The fraction of sp³-hybridized carbons (Fsp3) is 0.278. The summed E-state index contributed by atoms with van der Waals surface area (Å²) in [7, 11) is 0. The zero-order valence-electron chi connectivity index (χ0n) is 13.6. The molecule has 1 N–H and O–H groups in total. The van der Waals surface area contributed by atoms with Crippen LogP contribution in [0.5, 0.6) is 0 Å². The smallest absolute Gasteiger partial charge is 0.294 e. The molecule has 25 heavy (non-hydrogen) atoms. The molecule has 3 heterocycles. The minimum Gasteiger partial charge on any atom is -0.370 e. The van der Waals surface area contributed by atoms with Crippen LogP contribution in [0.15, 0.2) is 41.8 Å². The quantitative estimate of drug-likeness (QED) is 0.563. The molecule has 3 aromatic rings. The Kier molecular flexibility index (Phi) is 4.23. The predicted molar refractivity (Wildman–Crippen MR) is 98.8 cm³/mol. The van der Waals surface area contributed by atoms with E-state index in [1.807, 2.05) is 12.1 Å². The lowest BCUT2D eigenvalue weighted by Gasteiger charge is -2.09. The zero-order chi connectivity index (χ0) is 17.2. The van der Waals surface area contributed by atoms with E-state index in [0.717, 1.165) is 43.7 Å². The van der Waals surface area contributed by atoms with Crippen LogP contribution in [0.1, 0.15) is 29.0 Å². The Hall–Kier alpha value is -2.67. The van der Waals surface area contributed by atoms with Gasteiger partial charge in [0.1, 0.15) is 11.5 Å². The molecule has 0 radical (unpaired) electrons. The van der Waals surface area contributed by atoms with Crippen LogP contribution in [0, 0.1) is 10.1 Å². The van der Waals surface area contributed by atoms with E-state index in [9.17, 15) is 10.1 Å². The van der Waals surface area contributed by atoms with Crippen LogP contribution in [0.25, 0.3) is 5.69 Å². The Morgan fingerprint density at radius 1 is 1.24 bits per heavy atom. The minimum atomic E-state index is -0.348. The van der Waals surface area contributed by atoms with Gasteiger partial charge in [0.05, 0.1) is 10.6 Å². The second kappa shape index (κ2) is 6.68. The summed E-state index contributed by atoms with van der Waals surface area (Å²) in [5.74, 6) is 0.901. The number of thiophene rings is 1. The normalized spacial score (nSPS) is 13.8. The topological polar surface area (TPSA) is 73.0 Å². The van der Waals surface area contributed by atoms with Crippen molar-refractivity contribution < 1.29 is 4.92 Å². The number of rotatable bonds is 4. The first-order chi connectivity index (χ1) is 12.2. The van der Waals surface area contributed by atoms with Crippen molar-refractivity contribution in [3.63, 3.8) is 0 Å². The van der Waals surface area contributed by atoms with E-state index < -0.39 is 0 Å². The zero-order valence-corrected chi connectivity index (χ0v) is 14.5. The van der Waals surface area contributed by atoms with Gasteiger partial charge in [-0.25, -0.2) is 4.68 Å². The van der Waals surface area contributed by atoms with Crippen LogP contribution in [0.3, 0.4) is 0 Å². The maximum atomic E-state index is 11.4. The van der Waals surface area contributed by atoms with E-state index in [2.05, 4.69) is 16.8 Å². The molecule has 1 aromatic carbocycles. The fourth-order valence-electron chi connectivity index (χ4n) is 3.27. The number of nitro benzene ring substituents is 1. The Labute approximate surface area is 149 Å². The van der Waals surface area contributed by atoms with Gasteiger partial charge in [-0.3, -0.25) is 10.1 Å². The molecule has 0 spiro atoms. The summed E-state index contributed by atoms with van der Waals surface area (Å²) < 4.78 is 1.72. The Morgan fingerprint density at radius 2 is 2.12 bits per heavy atom. The van der Waals surface area contributed by atoms with Crippen LogP contribution in [0.4, 0.5) is 11.5 Å². The lowest BCUT2D eigenvalue weighted by molar-refractivity contribution is -0.384. The van der Waals surface area contributed by atoms with Gasteiger partial charge in [0.2, 0.25) is 0 Å². The van der Waals surface area contributed by atoms with Crippen molar-refractivity contribution in [2.45, 2.75) is 25.7 Å². The van der Waals surface area contributed by atoms with Crippen LogP contribution in [-0.4, -0.2) is 21.2 Å². The van der Waals surface area contributed by atoms with Gasteiger partial charge in [-0.05, 0) is 36.8 Å². The lowest BCUT2D eigenvalue weighted by Crippen LogP contribution is -2.08. The third-order valence-electron chi connectivity index (χ3n) is 4.44. The highest BCUT2D eigenvalue weighted by molar-refractivity contribution is 7.09.